The number of nitrogens with one attached hydrogen (secondary N) is 2. The molecular formula is C16H23N5O5S. The summed E-state index contributed by atoms with van der Waals surface area (Å²) in [5, 5.41) is 13.6. The van der Waals surface area contributed by atoms with Gasteiger partial charge in [0, 0.05) is 70.4 Å². The molecule has 27 heavy (non-hydrogen) atoms. The zero-order valence-electron chi connectivity index (χ0n) is 14.8. The summed E-state index contributed by atoms with van der Waals surface area (Å²) >= 11 is 0. The van der Waals surface area contributed by atoms with Gasteiger partial charge in [-0.15, -0.1) is 0 Å². The van der Waals surface area contributed by atoms with Gasteiger partial charge in [-0.25, -0.2) is 13.1 Å². The number of sulfonamides is 1. The maximum atomic E-state index is 12.2. The van der Waals surface area contributed by atoms with Gasteiger partial charge in [-0.3, -0.25) is 24.7 Å². The molecule has 0 saturated carbocycles. The van der Waals surface area contributed by atoms with E-state index in [2.05, 4.69) is 19.8 Å². The second kappa shape index (κ2) is 8.30. The number of amides is 1. The number of nitrogens with zero attached hydrogens (tertiary/aromatic N) is 3. The molecule has 0 aliphatic carbocycles. The average molecular weight is 397 g/mol. The van der Waals surface area contributed by atoms with E-state index in [1.165, 1.54) is 18.2 Å². The number of nitro groups is 1. The van der Waals surface area contributed by atoms with Gasteiger partial charge in [-0.1, -0.05) is 6.07 Å². The van der Waals surface area contributed by atoms with Gasteiger partial charge in [-0.2, -0.15) is 0 Å². The number of fused-ring (bicyclic) bond motifs is 3. The normalized spacial score (nSPS) is 24.5. The van der Waals surface area contributed by atoms with Crippen LogP contribution in [0.1, 0.15) is 6.42 Å². The largest absolute Gasteiger partial charge is 0.354 e. The molecule has 1 aromatic carbocycles. The van der Waals surface area contributed by atoms with Crippen molar-refractivity contribution in [2.45, 2.75) is 17.4 Å². The van der Waals surface area contributed by atoms with Crippen LogP contribution in [0, 0.1) is 10.1 Å². The molecule has 148 valence electrons. The first-order valence-electron chi connectivity index (χ1n) is 8.82. The quantitative estimate of drug-likeness (QED) is 0.442. The predicted molar refractivity (Wildman–Crippen MR) is 97.7 cm³/mol. The van der Waals surface area contributed by atoms with Crippen molar-refractivity contribution in [3.05, 3.63) is 34.4 Å². The molecule has 1 unspecified atom stereocenters. The molecule has 0 aromatic heterocycles. The minimum Gasteiger partial charge on any atom is -0.354 e. The van der Waals surface area contributed by atoms with Crippen molar-refractivity contribution in [3.63, 3.8) is 0 Å². The highest BCUT2D eigenvalue weighted by Gasteiger charge is 2.31. The van der Waals surface area contributed by atoms with Crippen molar-refractivity contribution in [1.82, 2.24) is 19.8 Å². The summed E-state index contributed by atoms with van der Waals surface area (Å²) in [6, 6.07) is 5.10. The Hall–Kier alpha value is -2.08. The fourth-order valence-corrected chi connectivity index (χ4v) is 4.46. The molecule has 3 aliphatic rings. The van der Waals surface area contributed by atoms with E-state index in [9.17, 15) is 23.3 Å². The molecule has 3 aliphatic heterocycles. The number of nitro benzene ring substituents is 1. The van der Waals surface area contributed by atoms with Gasteiger partial charge in [-0.05, 0) is 6.07 Å². The van der Waals surface area contributed by atoms with Crippen molar-refractivity contribution in [1.29, 1.82) is 0 Å². The predicted octanol–water partition coefficient (Wildman–Crippen LogP) is -0.621. The van der Waals surface area contributed by atoms with Crippen LogP contribution in [-0.2, 0) is 14.8 Å². The maximum absolute atomic E-state index is 12.2. The molecule has 3 heterocycles. The Bertz CT molecular complexity index is 807. The molecule has 10 nitrogen and oxygen atoms in total. The molecule has 0 spiro atoms. The SMILES string of the molecule is O=C(CCNS(=O)(=O)c1cccc([N+](=O)[O-])c1)NCC1CN2CCN1CC2. The van der Waals surface area contributed by atoms with Crippen LogP contribution in [0.5, 0.6) is 0 Å². The standard InChI is InChI=1S/C16H23N5O5S/c22-16(17-11-14-12-19-6-8-20(14)9-7-19)4-5-18-27(25,26)15-3-1-2-13(10-15)21(23)24/h1-3,10,14,18H,4-9,11-12H2,(H,17,22). The highest BCUT2D eigenvalue weighted by Crippen LogP contribution is 2.17. The second-order valence-electron chi connectivity index (χ2n) is 6.70. The van der Waals surface area contributed by atoms with Crippen molar-refractivity contribution in [2.24, 2.45) is 0 Å². The zero-order valence-corrected chi connectivity index (χ0v) is 15.7. The Balaban J connectivity index is 1.44. The first-order chi connectivity index (χ1) is 12.8. The molecule has 1 amide bonds. The van der Waals surface area contributed by atoms with Gasteiger partial charge in [0.15, 0.2) is 0 Å². The Labute approximate surface area is 157 Å². The van der Waals surface area contributed by atoms with Gasteiger partial charge >= 0.3 is 0 Å². The molecule has 1 aromatic rings. The molecule has 2 N–H and O–H groups in total. The first-order valence-corrected chi connectivity index (χ1v) is 10.3. The van der Waals surface area contributed by atoms with Crippen molar-refractivity contribution < 1.29 is 18.1 Å². The number of hydrogen-bond acceptors (Lipinski definition) is 7. The Morgan fingerprint density at radius 3 is 2.63 bits per heavy atom. The zero-order chi connectivity index (χ0) is 19.4. The topological polar surface area (TPSA) is 125 Å². The first kappa shape index (κ1) is 19.7. The summed E-state index contributed by atoms with van der Waals surface area (Å²) < 4.78 is 26.7. The lowest BCUT2D eigenvalue weighted by molar-refractivity contribution is -0.385. The maximum Gasteiger partial charge on any atom is 0.270 e. The van der Waals surface area contributed by atoms with Crippen LogP contribution < -0.4 is 10.0 Å². The summed E-state index contributed by atoms with van der Waals surface area (Å²) in [5.41, 5.74) is -0.303. The van der Waals surface area contributed by atoms with E-state index >= 15 is 0 Å². The minimum atomic E-state index is -3.90. The van der Waals surface area contributed by atoms with Crippen molar-refractivity contribution in [2.75, 3.05) is 45.8 Å². The smallest absolute Gasteiger partial charge is 0.270 e. The molecule has 3 fully saturated rings. The summed E-state index contributed by atoms with van der Waals surface area (Å²) in [4.78, 5) is 26.6. The van der Waals surface area contributed by atoms with Crippen LogP contribution in [0.25, 0.3) is 0 Å². The third kappa shape index (κ3) is 5.01. The molecule has 3 saturated heterocycles. The molecule has 0 radical (unpaired) electrons. The van der Waals surface area contributed by atoms with Crippen LogP contribution in [0.3, 0.4) is 0 Å². The van der Waals surface area contributed by atoms with E-state index in [0.717, 1.165) is 38.8 Å². The van der Waals surface area contributed by atoms with Crippen LogP contribution in [0.2, 0.25) is 0 Å². The van der Waals surface area contributed by atoms with E-state index < -0.39 is 14.9 Å². The van der Waals surface area contributed by atoms with Gasteiger partial charge in [0.05, 0.1) is 9.82 Å². The van der Waals surface area contributed by atoms with Crippen molar-refractivity contribution >= 4 is 21.6 Å². The van der Waals surface area contributed by atoms with Crippen LogP contribution >= 0.6 is 0 Å². The number of carbonyl (C=O) groups excluding carboxylic acids is 1. The second-order valence-corrected chi connectivity index (χ2v) is 8.46. The van der Waals surface area contributed by atoms with E-state index in [1.54, 1.807) is 0 Å². The summed E-state index contributed by atoms with van der Waals surface area (Å²) in [6.07, 6.45) is 0.00455. The van der Waals surface area contributed by atoms with E-state index in [-0.39, 0.29) is 29.5 Å². The number of carbonyl (C=O) groups is 1. The lowest BCUT2D eigenvalue weighted by atomic mass is 10.1. The number of benzene rings is 1. The fraction of sp³-hybridized carbons (Fsp3) is 0.562. The van der Waals surface area contributed by atoms with Gasteiger partial charge in [0.1, 0.15) is 0 Å². The molecule has 4 rings (SSSR count). The third-order valence-corrected chi connectivity index (χ3v) is 6.37. The van der Waals surface area contributed by atoms with E-state index in [4.69, 9.17) is 0 Å². The molecule has 1 atom stereocenters. The molecule has 11 heteroatoms. The van der Waals surface area contributed by atoms with Gasteiger partial charge in [0.25, 0.3) is 5.69 Å². The minimum absolute atomic E-state index is 0.00455. The molecular weight excluding hydrogens is 374 g/mol. The number of hydrogen-bond donors (Lipinski definition) is 2. The summed E-state index contributed by atoms with van der Waals surface area (Å²) in [5.74, 6) is -0.227. The fourth-order valence-electron chi connectivity index (χ4n) is 3.38. The molecule has 2 bridgehead atoms. The summed E-state index contributed by atoms with van der Waals surface area (Å²) in [6.45, 7) is 5.60. The van der Waals surface area contributed by atoms with E-state index in [1.807, 2.05) is 0 Å². The van der Waals surface area contributed by atoms with Crippen LogP contribution in [0.4, 0.5) is 5.69 Å². The van der Waals surface area contributed by atoms with Crippen LogP contribution in [0.15, 0.2) is 29.2 Å². The Morgan fingerprint density at radius 1 is 1.26 bits per heavy atom. The number of non-ortho nitro benzene ring substituents is 1. The third-order valence-electron chi connectivity index (χ3n) is 4.91. The number of piperazine rings is 3. The highest BCUT2D eigenvalue weighted by molar-refractivity contribution is 7.89. The monoisotopic (exact) mass is 397 g/mol. The number of rotatable bonds is 8. The van der Waals surface area contributed by atoms with Gasteiger partial charge < -0.3 is 5.32 Å². The summed E-state index contributed by atoms with van der Waals surface area (Å²) in [7, 11) is -3.90. The van der Waals surface area contributed by atoms with Gasteiger partial charge in [0.2, 0.25) is 15.9 Å². The lowest BCUT2D eigenvalue weighted by Gasteiger charge is -2.47. The highest BCUT2D eigenvalue weighted by atomic mass is 32.2. The van der Waals surface area contributed by atoms with Crippen LogP contribution in [-0.4, -0.2) is 80.9 Å². The lowest BCUT2D eigenvalue weighted by Crippen LogP contribution is -2.63. The average Bonchev–Trinajstić information content (AvgIpc) is 2.67. The Kier molecular flexibility index (Phi) is 6.05. The van der Waals surface area contributed by atoms with Crippen molar-refractivity contribution in [3.8, 4) is 0 Å². The van der Waals surface area contributed by atoms with E-state index in [0.29, 0.717) is 12.6 Å². The Morgan fingerprint density at radius 2 is 2.00 bits per heavy atom.